The summed E-state index contributed by atoms with van der Waals surface area (Å²) in [6.07, 6.45) is 3.47. The van der Waals surface area contributed by atoms with Crippen LogP contribution in [0.4, 0.5) is 0 Å². The highest BCUT2D eigenvalue weighted by atomic mass is 16.5. The van der Waals surface area contributed by atoms with Crippen molar-refractivity contribution in [1.82, 2.24) is 4.98 Å². The lowest BCUT2D eigenvalue weighted by atomic mass is 10.0. The maximum absolute atomic E-state index is 5.45. The minimum Gasteiger partial charge on any atom is -0.497 e. The summed E-state index contributed by atoms with van der Waals surface area (Å²) in [5.41, 5.74) is 29.2. The molecule has 1 aliphatic rings. The summed E-state index contributed by atoms with van der Waals surface area (Å²) in [5.74, 6) is 21.0. The largest absolute Gasteiger partial charge is 0.497 e. The number of aromatic nitrogens is 1. The van der Waals surface area contributed by atoms with Crippen molar-refractivity contribution in [3.63, 3.8) is 0 Å². The summed E-state index contributed by atoms with van der Waals surface area (Å²) in [6, 6.07) is 51.2. The smallest absolute Gasteiger partial charge is 0.118 e. The lowest BCUT2D eigenvalue weighted by molar-refractivity contribution is 0.415. The van der Waals surface area contributed by atoms with Gasteiger partial charge in [-0.3, -0.25) is 4.98 Å². The van der Waals surface area contributed by atoms with Crippen molar-refractivity contribution in [3.05, 3.63) is 238 Å². The fourth-order valence-electron chi connectivity index (χ4n) is 5.50. The first-order valence-corrected chi connectivity index (χ1v) is 17.8. The van der Waals surface area contributed by atoms with Crippen LogP contribution in [0.25, 0.3) is 33.4 Å². The molecular formula is C54H31NO. The third-order valence-corrected chi connectivity index (χ3v) is 8.47. The van der Waals surface area contributed by atoms with Crippen LogP contribution >= 0.6 is 0 Å². The second kappa shape index (κ2) is 18.4. The van der Waals surface area contributed by atoms with Crippen molar-refractivity contribution < 1.29 is 4.74 Å². The molecule has 6 aromatic rings. The Balaban J connectivity index is 1.64. The summed E-state index contributed by atoms with van der Waals surface area (Å²) in [5, 5.41) is 0. The molecule has 0 N–H and O–H groups in total. The zero-order chi connectivity index (χ0) is 38.2. The molecule has 258 valence electrons. The van der Waals surface area contributed by atoms with Gasteiger partial charge in [-0.1, -0.05) is 191 Å². The second-order valence-corrected chi connectivity index (χ2v) is 12.2. The van der Waals surface area contributed by atoms with Crippen LogP contribution in [0.15, 0.2) is 205 Å². The zero-order valence-electron chi connectivity index (χ0n) is 30.5. The molecule has 2 nitrogen and oxygen atoms in total. The number of hydrogen-bond acceptors (Lipinski definition) is 2. The van der Waals surface area contributed by atoms with Gasteiger partial charge in [0.1, 0.15) is 5.75 Å². The molecule has 0 bridgehead atoms. The van der Waals surface area contributed by atoms with Crippen LogP contribution in [0.2, 0.25) is 0 Å². The quantitative estimate of drug-likeness (QED) is 0.122. The monoisotopic (exact) mass is 709 g/mol. The predicted molar refractivity (Wildman–Crippen MR) is 228 cm³/mol. The molecular weight excluding hydrogens is 679 g/mol. The van der Waals surface area contributed by atoms with E-state index in [0.29, 0.717) is 33.4 Å². The summed E-state index contributed by atoms with van der Waals surface area (Å²) >= 11 is 0. The normalized spacial score (nSPS) is 12.2. The summed E-state index contributed by atoms with van der Waals surface area (Å²) in [6.45, 7) is 0. The van der Waals surface area contributed by atoms with E-state index in [2.05, 4.69) is 74.9 Å². The zero-order valence-corrected chi connectivity index (χ0v) is 30.5. The number of allylic oxidation sites excluding steroid dienone is 6. The van der Waals surface area contributed by atoms with Crippen molar-refractivity contribution in [3.8, 4) is 41.3 Å². The van der Waals surface area contributed by atoms with Crippen LogP contribution in [-0.4, -0.2) is 12.1 Å². The van der Waals surface area contributed by atoms with E-state index in [1.807, 2.05) is 158 Å². The molecule has 0 spiro atoms. The van der Waals surface area contributed by atoms with Gasteiger partial charge in [-0.05, 0) is 64.2 Å². The fourth-order valence-corrected chi connectivity index (χ4v) is 5.50. The van der Waals surface area contributed by atoms with Gasteiger partial charge in [0, 0.05) is 18.0 Å². The van der Waals surface area contributed by atoms with Gasteiger partial charge in [0.15, 0.2) is 0 Å². The highest BCUT2D eigenvalue weighted by Crippen LogP contribution is 2.22. The first-order valence-electron chi connectivity index (χ1n) is 17.8. The molecule has 1 heterocycles. The number of benzene rings is 5. The van der Waals surface area contributed by atoms with Crippen LogP contribution < -0.4 is 4.74 Å². The Bertz CT molecular complexity index is 2860. The second-order valence-electron chi connectivity index (χ2n) is 12.2. The maximum atomic E-state index is 5.45. The summed E-state index contributed by atoms with van der Waals surface area (Å²) in [4.78, 5) is 4.23. The number of pyridine rings is 1. The molecule has 0 saturated carbocycles. The molecule has 2 heteroatoms. The van der Waals surface area contributed by atoms with E-state index in [1.165, 1.54) is 0 Å². The minimum atomic E-state index is 0.606. The third-order valence-electron chi connectivity index (χ3n) is 8.47. The van der Waals surface area contributed by atoms with E-state index >= 15 is 0 Å². The Hall–Kier alpha value is -8.37. The van der Waals surface area contributed by atoms with Crippen LogP contribution in [-0.2, 0) is 0 Å². The standard InChI is InChI=1S/C54H31NO/c1-56-54-36-34-52(35-37-54)50-30-26-46(42-14-6-2-7-15-42)22-24-48(44-18-10-4-11-19-44)28-32-51(53-38-40-55-41-39-53)33-29-49(45-20-12-5-13-21-45)25-23-47(27-31-50)43-16-8-3-9-17-43/h2-21,34-41H,1H3. The molecule has 5 aromatic carbocycles. The van der Waals surface area contributed by atoms with E-state index in [9.17, 15) is 0 Å². The van der Waals surface area contributed by atoms with E-state index in [4.69, 9.17) is 4.74 Å². The van der Waals surface area contributed by atoms with Gasteiger partial charge < -0.3 is 4.74 Å². The van der Waals surface area contributed by atoms with Crippen molar-refractivity contribution in [1.29, 1.82) is 0 Å². The number of rotatable bonds is 7. The number of methoxy groups -OCH3 is 1. The molecule has 0 atom stereocenters. The molecule has 0 amide bonds. The summed E-state index contributed by atoms with van der Waals surface area (Å²) in [7, 11) is 1.64. The Morgan fingerprint density at radius 3 is 0.821 bits per heavy atom. The topological polar surface area (TPSA) is 22.1 Å². The van der Waals surface area contributed by atoms with Gasteiger partial charge in [-0.25, -0.2) is 0 Å². The van der Waals surface area contributed by atoms with Gasteiger partial charge >= 0.3 is 0 Å². The molecule has 56 heavy (non-hydrogen) atoms. The van der Waals surface area contributed by atoms with Crippen molar-refractivity contribution in [2.75, 3.05) is 7.11 Å². The van der Waals surface area contributed by atoms with Gasteiger partial charge in [-0.2, -0.15) is 0 Å². The van der Waals surface area contributed by atoms with Gasteiger partial charge in [-0.15, -0.1) is 0 Å². The Kier molecular flexibility index (Phi) is 11.8. The SMILES string of the molecule is COc1ccc(C2=C=C=C(c3ccccc3)C#CC(c3ccccc3)=C=C=C(c3ccncc3)C#CC(c3ccccc3)=C=C=C(c3ccccc3)C#C2)cc1. The lowest BCUT2D eigenvalue weighted by Gasteiger charge is -2.02. The van der Waals surface area contributed by atoms with Crippen LogP contribution in [0.1, 0.15) is 33.4 Å². The number of ether oxygens (including phenoxy) is 1. The molecule has 0 fully saturated rings. The molecule has 0 aliphatic heterocycles. The Morgan fingerprint density at radius 1 is 0.304 bits per heavy atom. The first kappa shape index (κ1) is 36.0. The van der Waals surface area contributed by atoms with Crippen LogP contribution in [0.3, 0.4) is 0 Å². The molecule has 7 rings (SSSR count). The third kappa shape index (κ3) is 9.54. The Morgan fingerprint density at radius 2 is 0.554 bits per heavy atom. The minimum absolute atomic E-state index is 0.606. The molecule has 0 unspecified atom stereocenters. The van der Waals surface area contributed by atoms with Gasteiger partial charge in [0.05, 0.1) is 40.5 Å². The first-order chi connectivity index (χ1) is 27.7. The molecule has 1 aromatic heterocycles. The summed E-state index contributed by atoms with van der Waals surface area (Å²) < 4.78 is 5.45. The number of nitrogens with zero attached hydrogens (tertiary/aromatic N) is 1. The van der Waals surface area contributed by atoms with Crippen molar-refractivity contribution in [2.45, 2.75) is 0 Å². The van der Waals surface area contributed by atoms with Gasteiger partial charge in [0.2, 0.25) is 0 Å². The van der Waals surface area contributed by atoms with E-state index in [1.54, 1.807) is 19.5 Å². The lowest BCUT2D eigenvalue weighted by Crippen LogP contribution is -1.85. The molecule has 0 radical (unpaired) electrons. The van der Waals surface area contributed by atoms with Gasteiger partial charge in [0.25, 0.3) is 0 Å². The average molecular weight is 710 g/mol. The average Bonchev–Trinajstić information content (AvgIpc) is 3.27. The predicted octanol–water partition coefficient (Wildman–Crippen LogP) is 11.2. The van der Waals surface area contributed by atoms with Crippen LogP contribution in [0.5, 0.6) is 5.75 Å². The van der Waals surface area contributed by atoms with E-state index in [-0.39, 0.29) is 0 Å². The van der Waals surface area contributed by atoms with Crippen molar-refractivity contribution in [2.24, 2.45) is 0 Å². The maximum Gasteiger partial charge on any atom is 0.118 e. The molecule has 1 aliphatic carbocycles. The van der Waals surface area contributed by atoms with E-state index < -0.39 is 0 Å². The number of hydrogen-bond donors (Lipinski definition) is 0. The fraction of sp³-hybridized carbons (Fsp3) is 0.0185. The molecule has 0 saturated heterocycles. The Labute approximate surface area is 328 Å². The van der Waals surface area contributed by atoms with Crippen molar-refractivity contribution >= 4 is 33.4 Å². The highest BCUT2D eigenvalue weighted by Gasteiger charge is 2.05. The highest BCUT2D eigenvalue weighted by molar-refractivity contribution is 5.91. The van der Waals surface area contributed by atoms with E-state index in [0.717, 1.165) is 39.1 Å². The van der Waals surface area contributed by atoms with Crippen LogP contribution in [0, 0.1) is 35.5 Å².